The Morgan fingerprint density at radius 2 is 1.62 bits per heavy atom. The van der Waals surface area contributed by atoms with Crippen LogP contribution in [0.4, 0.5) is 4.39 Å². The molecule has 0 aliphatic carbocycles. The molecule has 32 heavy (non-hydrogen) atoms. The Hall–Kier alpha value is -2.30. The first-order valence-electron chi connectivity index (χ1n) is 10.7. The Labute approximate surface area is 191 Å². The Bertz CT molecular complexity index is 1080. The van der Waals surface area contributed by atoms with E-state index in [9.17, 15) is 22.4 Å². The number of fused-ring (bicyclic) bond motifs is 1. The maximum absolute atomic E-state index is 13.1. The summed E-state index contributed by atoms with van der Waals surface area (Å²) in [5, 5.41) is 2.04. The third-order valence-electron chi connectivity index (χ3n) is 5.97. The monoisotopic (exact) mass is 479 g/mol. The molecular weight excluding hydrogens is 453 g/mol. The molecule has 2 aromatic rings. The quantitative estimate of drug-likeness (QED) is 0.660. The summed E-state index contributed by atoms with van der Waals surface area (Å²) < 4.78 is 40.2. The van der Waals surface area contributed by atoms with Gasteiger partial charge in [-0.2, -0.15) is 4.31 Å². The maximum Gasteiger partial charge on any atom is 0.243 e. The second kappa shape index (κ2) is 9.68. The number of amides is 2. The molecule has 0 bridgehead atoms. The summed E-state index contributed by atoms with van der Waals surface area (Å²) in [6.45, 7) is 2.47. The highest BCUT2D eigenvalue weighted by Crippen LogP contribution is 2.24. The van der Waals surface area contributed by atoms with Gasteiger partial charge >= 0.3 is 0 Å². The number of halogens is 1. The van der Waals surface area contributed by atoms with Gasteiger partial charge in [0.15, 0.2) is 0 Å². The lowest BCUT2D eigenvalue weighted by molar-refractivity contribution is -0.137. The SMILES string of the molecule is O=C(CCC(=O)N1CCc2sccc2C1)N1CCCN(S(=O)(=O)c2ccc(F)cc2)CC1. The van der Waals surface area contributed by atoms with E-state index < -0.39 is 15.8 Å². The number of rotatable bonds is 5. The molecule has 2 amide bonds. The van der Waals surface area contributed by atoms with E-state index in [0.29, 0.717) is 32.6 Å². The zero-order valence-electron chi connectivity index (χ0n) is 17.7. The van der Waals surface area contributed by atoms with Crippen molar-refractivity contribution in [3.8, 4) is 0 Å². The normalized spacial score (nSPS) is 17.7. The van der Waals surface area contributed by atoms with Gasteiger partial charge in [-0.15, -0.1) is 11.3 Å². The van der Waals surface area contributed by atoms with Crippen LogP contribution in [0.5, 0.6) is 0 Å². The van der Waals surface area contributed by atoms with Gasteiger partial charge < -0.3 is 9.80 Å². The van der Waals surface area contributed by atoms with E-state index >= 15 is 0 Å². The third-order valence-corrected chi connectivity index (χ3v) is 8.91. The number of nitrogens with zero attached hydrogens (tertiary/aromatic N) is 3. The van der Waals surface area contributed by atoms with Crippen LogP contribution in [0, 0.1) is 5.82 Å². The van der Waals surface area contributed by atoms with Gasteiger partial charge in [0.2, 0.25) is 21.8 Å². The number of carbonyl (C=O) groups is 2. The molecule has 0 N–H and O–H groups in total. The third kappa shape index (κ3) is 5.02. The molecule has 4 rings (SSSR count). The molecule has 0 radical (unpaired) electrons. The van der Waals surface area contributed by atoms with Crippen LogP contribution < -0.4 is 0 Å². The molecule has 1 saturated heterocycles. The predicted octanol–water partition coefficient (Wildman–Crippen LogP) is 2.48. The first-order valence-corrected chi connectivity index (χ1v) is 13.0. The smallest absolute Gasteiger partial charge is 0.243 e. The highest BCUT2D eigenvalue weighted by molar-refractivity contribution is 7.89. The molecule has 0 atom stereocenters. The van der Waals surface area contributed by atoms with Gasteiger partial charge in [0, 0.05) is 57.0 Å². The van der Waals surface area contributed by atoms with E-state index in [4.69, 9.17) is 0 Å². The maximum atomic E-state index is 13.1. The molecule has 1 aromatic carbocycles. The Balaban J connectivity index is 1.29. The number of thiophene rings is 1. The summed E-state index contributed by atoms with van der Waals surface area (Å²) in [5.41, 5.74) is 1.19. The average molecular weight is 480 g/mol. The Kier molecular flexibility index (Phi) is 6.92. The molecule has 172 valence electrons. The van der Waals surface area contributed by atoms with Crippen LogP contribution in [0.25, 0.3) is 0 Å². The van der Waals surface area contributed by atoms with Crippen molar-refractivity contribution in [1.29, 1.82) is 0 Å². The van der Waals surface area contributed by atoms with Crippen LogP contribution in [0.1, 0.15) is 29.7 Å². The van der Waals surface area contributed by atoms with Gasteiger partial charge in [0.1, 0.15) is 5.82 Å². The number of hydrogen-bond donors (Lipinski definition) is 0. The van der Waals surface area contributed by atoms with E-state index in [1.54, 1.807) is 16.2 Å². The van der Waals surface area contributed by atoms with E-state index in [1.165, 1.54) is 26.9 Å². The number of hydrogen-bond acceptors (Lipinski definition) is 5. The molecule has 1 aromatic heterocycles. The molecule has 3 heterocycles. The lowest BCUT2D eigenvalue weighted by Crippen LogP contribution is -2.38. The number of benzene rings is 1. The first kappa shape index (κ1) is 22.9. The zero-order chi connectivity index (χ0) is 22.7. The summed E-state index contributed by atoms with van der Waals surface area (Å²) in [5.74, 6) is -0.649. The lowest BCUT2D eigenvalue weighted by Gasteiger charge is -2.27. The van der Waals surface area contributed by atoms with Gasteiger partial charge in [-0.3, -0.25) is 9.59 Å². The number of carbonyl (C=O) groups excluding carboxylic acids is 2. The van der Waals surface area contributed by atoms with Crippen LogP contribution >= 0.6 is 11.3 Å². The second-order valence-corrected chi connectivity index (χ2v) is 11.0. The zero-order valence-corrected chi connectivity index (χ0v) is 19.3. The van der Waals surface area contributed by atoms with Crippen LogP contribution in [-0.2, 0) is 32.6 Å². The second-order valence-electron chi connectivity index (χ2n) is 8.03. The van der Waals surface area contributed by atoms with Crippen LogP contribution in [0.3, 0.4) is 0 Å². The van der Waals surface area contributed by atoms with Gasteiger partial charge in [0.05, 0.1) is 4.90 Å². The van der Waals surface area contributed by atoms with E-state index in [-0.39, 0.29) is 42.6 Å². The molecule has 2 aliphatic rings. The van der Waals surface area contributed by atoms with Crippen molar-refractivity contribution in [2.75, 3.05) is 32.7 Å². The van der Waals surface area contributed by atoms with Crippen LogP contribution in [-0.4, -0.2) is 67.1 Å². The fourth-order valence-electron chi connectivity index (χ4n) is 4.13. The van der Waals surface area contributed by atoms with Crippen LogP contribution in [0.15, 0.2) is 40.6 Å². The van der Waals surface area contributed by atoms with Crippen molar-refractivity contribution in [2.45, 2.75) is 37.1 Å². The van der Waals surface area contributed by atoms with Crippen molar-refractivity contribution in [2.24, 2.45) is 0 Å². The molecule has 0 spiro atoms. The summed E-state index contributed by atoms with van der Waals surface area (Å²) in [6.07, 6.45) is 1.65. The number of sulfonamides is 1. The summed E-state index contributed by atoms with van der Waals surface area (Å²) in [6, 6.07) is 6.80. The van der Waals surface area contributed by atoms with Crippen LogP contribution in [0.2, 0.25) is 0 Å². The fourth-order valence-corrected chi connectivity index (χ4v) is 6.49. The molecule has 1 fully saturated rings. The molecule has 7 nitrogen and oxygen atoms in total. The van der Waals surface area contributed by atoms with E-state index in [1.807, 2.05) is 16.3 Å². The Morgan fingerprint density at radius 1 is 0.906 bits per heavy atom. The highest BCUT2D eigenvalue weighted by atomic mass is 32.2. The lowest BCUT2D eigenvalue weighted by atomic mass is 10.1. The molecule has 0 saturated carbocycles. The summed E-state index contributed by atoms with van der Waals surface area (Å²) >= 11 is 1.72. The average Bonchev–Trinajstić information content (AvgIpc) is 3.11. The fraction of sp³-hybridized carbons (Fsp3) is 0.455. The largest absolute Gasteiger partial charge is 0.341 e. The van der Waals surface area contributed by atoms with Gasteiger partial charge in [-0.25, -0.2) is 12.8 Å². The Morgan fingerprint density at radius 3 is 2.38 bits per heavy atom. The van der Waals surface area contributed by atoms with Crippen molar-refractivity contribution >= 4 is 33.2 Å². The first-order chi connectivity index (χ1) is 15.3. The van der Waals surface area contributed by atoms with E-state index in [0.717, 1.165) is 18.6 Å². The van der Waals surface area contributed by atoms with Crippen molar-refractivity contribution in [1.82, 2.24) is 14.1 Å². The van der Waals surface area contributed by atoms with Gasteiger partial charge in [-0.1, -0.05) is 0 Å². The topological polar surface area (TPSA) is 78.0 Å². The minimum atomic E-state index is -3.74. The van der Waals surface area contributed by atoms with Crippen molar-refractivity contribution in [3.63, 3.8) is 0 Å². The highest BCUT2D eigenvalue weighted by Gasteiger charge is 2.29. The summed E-state index contributed by atoms with van der Waals surface area (Å²) in [4.78, 5) is 30.1. The predicted molar refractivity (Wildman–Crippen MR) is 119 cm³/mol. The van der Waals surface area contributed by atoms with E-state index in [2.05, 4.69) is 0 Å². The molecular formula is C22H26FN3O4S2. The molecule has 10 heteroatoms. The summed E-state index contributed by atoms with van der Waals surface area (Å²) in [7, 11) is -3.74. The minimum Gasteiger partial charge on any atom is -0.341 e. The van der Waals surface area contributed by atoms with Gasteiger partial charge in [-0.05, 0) is 54.1 Å². The van der Waals surface area contributed by atoms with Gasteiger partial charge in [0.25, 0.3) is 0 Å². The molecule has 0 unspecified atom stereocenters. The van der Waals surface area contributed by atoms with Crippen molar-refractivity contribution < 1.29 is 22.4 Å². The minimum absolute atomic E-state index is 0.0227. The standard InChI is InChI=1S/C22H26FN3O4S2/c23-18-2-4-19(5-3-18)32(29,30)26-11-1-10-24(13-14-26)21(27)6-7-22(28)25-12-8-20-17(16-25)9-15-31-20/h2-5,9,15H,1,6-8,10-14,16H2. The van der Waals surface area contributed by atoms with Crippen molar-refractivity contribution in [3.05, 3.63) is 52.0 Å². The molecule has 2 aliphatic heterocycles.